The third-order valence-corrected chi connectivity index (χ3v) is 4.39. The summed E-state index contributed by atoms with van der Waals surface area (Å²) >= 11 is 0. The number of nitrogens with zero attached hydrogens (tertiary/aromatic N) is 5. The smallest absolute Gasteiger partial charge is 0.255 e. The van der Waals surface area contributed by atoms with Gasteiger partial charge in [-0.2, -0.15) is 0 Å². The van der Waals surface area contributed by atoms with Crippen molar-refractivity contribution in [1.29, 1.82) is 0 Å². The Balaban J connectivity index is 1.73. The number of rotatable bonds is 3. The maximum atomic E-state index is 12.7. The van der Waals surface area contributed by atoms with Crippen LogP contribution in [0.1, 0.15) is 35.1 Å². The molecule has 1 aliphatic heterocycles. The molecule has 0 spiro atoms. The molecule has 0 saturated carbocycles. The fourth-order valence-electron chi connectivity index (χ4n) is 3.10. The summed E-state index contributed by atoms with van der Waals surface area (Å²) in [7, 11) is 3.87. The quantitative estimate of drug-likeness (QED) is 0.871. The highest BCUT2D eigenvalue weighted by molar-refractivity contribution is 5.94. The molecule has 1 saturated heterocycles. The molecule has 0 aliphatic carbocycles. The molecule has 0 N–H and O–H groups in total. The van der Waals surface area contributed by atoms with Crippen LogP contribution in [0.2, 0.25) is 0 Å². The molecule has 0 aromatic carbocycles. The number of pyridine rings is 1. The minimum atomic E-state index is 0.0604. The molecular formula is C17H23N5O. The van der Waals surface area contributed by atoms with Crippen LogP contribution in [0.3, 0.4) is 0 Å². The first-order chi connectivity index (χ1) is 11.1. The molecule has 3 rings (SSSR count). The third-order valence-electron chi connectivity index (χ3n) is 4.39. The van der Waals surface area contributed by atoms with E-state index in [0.29, 0.717) is 11.6 Å². The van der Waals surface area contributed by atoms with E-state index in [1.165, 1.54) is 0 Å². The lowest BCUT2D eigenvalue weighted by atomic mass is 10.0. The lowest BCUT2D eigenvalue weighted by Gasteiger charge is -2.34. The van der Waals surface area contributed by atoms with Gasteiger partial charge in [-0.05, 0) is 31.9 Å². The highest BCUT2D eigenvalue weighted by atomic mass is 16.2. The van der Waals surface area contributed by atoms with Gasteiger partial charge in [0, 0.05) is 45.8 Å². The van der Waals surface area contributed by atoms with Gasteiger partial charge in [0.1, 0.15) is 11.6 Å². The molecule has 0 radical (unpaired) electrons. The zero-order chi connectivity index (χ0) is 16.4. The van der Waals surface area contributed by atoms with Gasteiger partial charge in [-0.1, -0.05) is 0 Å². The summed E-state index contributed by atoms with van der Waals surface area (Å²) in [6, 6.07) is 4.05. The molecule has 6 heteroatoms. The van der Waals surface area contributed by atoms with Gasteiger partial charge in [0.25, 0.3) is 5.91 Å². The molecule has 23 heavy (non-hydrogen) atoms. The van der Waals surface area contributed by atoms with Crippen LogP contribution in [-0.4, -0.2) is 52.5 Å². The predicted octanol–water partition coefficient (Wildman–Crippen LogP) is 2.13. The van der Waals surface area contributed by atoms with E-state index in [4.69, 9.17) is 0 Å². The van der Waals surface area contributed by atoms with E-state index in [9.17, 15) is 4.79 Å². The van der Waals surface area contributed by atoms with Crippen molar-refractivity contribution in [3.63, 3.8) is 0 Å². The standard InChI is InChI=1S/C17H23N5O/c1-13-18-8-10-22(13)15-5-4-9-21(12-15)17(23)14-6-7-16(19-11-14)20(2)3/h6-8,10-11,15H,4-5,9,12H2,1-3H3/t15-/m1/s1. The normalized spacial score (nSPS) is 18.0. The number of carbonyl (C=O) groups is 1. The Morgan fingerprint density at radius 2 is 2.13 bits per heavy atom. The van der Waals surface area contributed by atoms with Crippen LogP contribution >= 0.6 is 0 Å². The Morgan fingerprint density at radius 3 is 2.74 bits per heavy atom. The number of piperidine rings is 1. The Bertz CT molecular complexity index is 677. The van der Waals surface area contributed by atoms with Crippen molar-refractivity contribution < 1.29 is 4.79 Å². The van der Waals surface area contributed by atoms with Crippen LogP contribution < -0.4 is 4.90 Å². The maximum Gasteiger partial charge on any atom is 0.255 e. The Morgan fingerprint density at radius 1 is 1.30 bits per heavy atom. The molecule has 2 aromatic heterocycles. The largest absolute Gasteiger partial charge is 0.363 e. The second-order valence-electron chi connectivity index (χ2n) is 6.23. The van der Waals surface area contributed by atoms with Crippen molar-refractivity contribution in [2.45, 2.75) is 25.8 Å². The average Bonchev–Trinajstić information content (AvgIpc) is 3.00. The predicted molar refractivity (Wildman–Crippen MR) is 89.7 cm³/mol. The van der Waals surface area contributed by atoms with Crippen molar-refractivity contribution in [3.8, 4) is 0 Å². The molecule has 6 nitrogen and oxygen atoms in total. The van der Waals surface area contributed by atoms with Crippen LogP contribution in [0.25, 0.3) is 0 Å². The van der Waals surface area contributed by atoms with E-state index in [0.717, 1.165) is 37.6 Å². The minimum absolute atomic E-state index is 0.0604. The van der Waals surface area contributed by atoms with E-state index < -0.39 is 0 Å². The lowest BCUT2D eigenvalue weighted by Crippen LogP contribution is -2.40. The van der Waals surface area contributed by atoms with E-state index in [1.807, 2.05) is 55.3 Å². The lowest BCUT2D eigenvalue weighted by molar-refractivity contribution is 0.0678. The number of carbonyl (C=O) groups excluding carboxylic acids is 1. The molecule has 0 bridgehead atoms. The second kappa shape index (κ2) is 6.40. The Kier molecular flexibility index (Phi) is 4.32. The van der Waals surface area contributed by atoms with E-state index in [-0.39, 0.29) is 5.91 Å². The number of hydrogen-bond donors (Lipinski definition) is 0. The SMILES string of the molecule is Cc1nccn1[C@@H]1CCCN(C(=O)c2ccc(N(C)C)nc2)C1. The number of imidazole rings is 1. The minimum Gasteiger partial charge on any atom is -0.363 e. The first-order valence-electron chi connectivity index (χ1n) is 7.98. The topological polar surface area (TPSA) is 54.3 Å². The van der Waals surface area contributed by atoms with Gasteiger partial charge >= 0.3 is 0 Å². The van der Waals surface area contributed by atoms with Gasteiger partial charge in [0.05, 0.1) is 11.6 Å². The fraction of sp³-hybridized carbons (Fsp3) is 0.471. The monoisotopic (exact) mass is 313 g/mol. The molecule has 1 amide bonds. The molecule has 1 atom stereocenters. The Hall–Kier alpha value is -2.37. The number of anilines is 1. The van der Waals surface area contributed by atoms with Crippen LogP contribution in [0, 0.1) is 6.92 Å². The number of aryl methyl sites for hydroxylation is 1. The van der Waals surface area contributed by atoms with Gasteiger partial charge in [-0.3, -0.25) is 4.79 Å². The summed E-state index contributed by atoms with van der Waals surface area (Å²) in [5.41, 5.74) is 0.651. The van der Waals surface area contributed by atoms with Gasteiger partial charge in [-0.25, -0.2) is 9.97 Å². The van der Waals surface area contributed by atoms with Gasteiger partial charge in [0.15, 0.2) is 0 Å². The summed E-state index contributed by atoms with van der Waals surface area (Å²) in [6.45, 7) is 3.54. The Labute approximate surface area is 136 Å². The maximum absolute atomic E-state index is 12.7. The summed E-state index contributed by atoms with van der Waals surface area (Å²) < 4.78 is 2.17. The van der Waals surface area contributed by atoms with Crippen molar-refractivity contribution in [2.24, 2.45) is 0 Å². The van der Waals surface area contributed by atoms with Crippen LogP contribution in [0.4, 0.5) is 5.82 Å². The summed E-state index contributed by atoms with van der Waals surface area (Å²) in [4.78, 5) is 25.2. The zero-order valence-corrected chi connectivity index (χ0v) is 13.9. The van der Waals surface area contributed by atoms with Crippen LogP contribution in [-0.2, 0) is 0 Å². The number of amides is 1. The highest BCUT2D eigenvalue weighted by Crippen LogP contribution is 2.24. The van der Waals surface area contributed by atoms with Crippen molar-refractivity contribution in [2.75, 3.05) is 32.1 Å². The van der Waals surface area contributed by atoms with Crippen molar-refractivity contribution in [1.82, 2.24) is 19.4 Å². The van der Waals surface area contributed by atoms with Crippen molar-refractivity contribution >= 4 is 11.7 Å². The molecule has 3 heterocycles. The summed E-state index contributed by atoms with van der Waals surface area (Å²) in [6.07, 6.45) is 7.58. The number of aromatic nitrogens is 3. The molecular weight excluding hydrogens is 290 g/mol. The zero-order valence-electron chi connectivity index (χ0n) is 13.9. The van der Waals surface area contributed by atoms with Crippen LogP contribution in [0.5, 0.6) is 0 Å². The number of likely N-dealkylation sites (tertiary alicyclic amines) is 1. The molecule has 2 aromatic rings. The fourth-order valence-corrected chi connectivity index (χ4v) is 3.10. The highest BCUT2D eigenvalue weighted by Gasteiger charge is 2.26. The first-order valence-corrected chi connectivity index (χ1v) is 7.98. The molecule has 1 aliphatic rings. The molecule has 122 valence electrons. The van der Waals surface area contributed by atoms with Gasteiger partial charge in [-0.15, -0.1) is 0 Å². The molecule has 1 fully saturated rings. The first kappa shape index (κ1) is 15.5. The van der Waals surface area contributed by atoms with Gasteiger partial charge in [0.2, 0.25) is 0 Å². The van der Waals surface area contributed by atoms with Gasteiger partial charge < -0.3 is 14.4 Å². The van der Waals surface area contributed by atoms with E-state index in [1.54, 1.807) is 6.20 Å². The van der Waals surface area contributed by atoms with Crippen molar-refractivity contribution in [3.05, 3.63) is 42.1 Å². The van der Waals surface area contributed by atoms with E-state index in [2.05, 4.69) is 14.5 Å². The second-order valence-corrected chi connectivity index (χ2v) is 6.23. The molecule has 0 unspecified atom stereocenters. The number of hydrogen-bond acceptors (Lipinski definition) is 4. The van der Waals surface area contributed by atoms with Crippen LogP contribution in [0.15, 0.2) is 30.7 Å². The third kappa shape index (κ3) is 3.21. The summed E-state index contributed by atoms with van der Waals surface area (Å²) in [5.74, 6) is 1.92. The van der Waals surface area contributed by atoms with E-state index >= 15 is 0 Å². The summed E-state index contributed by atoms with van der Waals surface area (Å²) in [5, 5.41) is 0. The average molecular weight is 313 g/mol.